The normalized spacial score (nSPS) is 13.6. The molecule has 3 heterocycles. The van der Waals surface area contributed by atoms with E-state index in [-0.39, 0.29) is 42.7 Å². The predicted molar refractivity (Wildman–Crippen MR) is 239 cm³/mol. The van der Waals surface area contributed by atoms with Crippen molar-refractivity contribution in [2.45, 2.75) is 105 Å². The molecule has 6 heteroatoms. The van der Waals surface area contributed by atoms with Crippen LogP contribution in [0.25, 0.3) is 27.6 Å². The molecule has 7 aromatic rings. The number of rotatable bonds is 5. The monoisotopic (exact) mass is 946 g/mol. The molecule has 58 heavy (non-hydrogen) atoms. The molecular formula is C52H55N4OPt-3. The Balaban J connectivity index is 0.00000512. The van der Waals surface area contributed by atoms with Crippen molar-refractivity contribution >= 4 is 44.6 Å². The average Bonchev–Trinajstić information content (AvgIpc) is 3.70. The molecule has 0 atom stereocenters. The second-order valence-electron chi connectivity index (χ2n) is 19.6. The zero-order valence-corrected chi connectivity index (χ0v) is 38.3. The molecule has 0 saturated heterocycles. The molecule has 0 saturated carbocycles. The summed E-state index contributed by atoms with van der Waals surface area (Å²) in [6.45, 7) is 29.6. The summed E-state index contributed by atoms with van der Waals surface area (Å²) in [6.07, 6.45) is 1.90. The minimum absolute atomic E-state index is 0. The number of pyridine rings is 1. The minimum atomic E-state index is -0.0862. The fourth-order valence-corrected chi connectivity index (χ4v) is 7.76. The van der Waals surface area contributed by atoms with Crippen LogP contribution in [-0.2, 0) is 42.7 Å². The summed E-state index contributed by atoms with van der Waals surface area (Å²) in [7, 11) is 0. The number of fused-ring (bicyclic) bond motifs is 4. The second kappa shape index (κ2) is 14.8. The first-order valence-corrected chi connectivity index (χ1v) is 20.1. The Labute approximate surface area is 360 Å². The summed E-state index contributed by atoms with van der Waals surface area (Å²) < 4.78 is 8.83. The molecule has 1 aliphatic heterocycles. The molecule has 0 fully saturated rings. The van der Waals surface area contributed by atoms with Gasteiger partial charge in [0.15, 0.2) is 0 Å². The van der Waals surface area contributed by atoms with E-state index in [1.165, 1.54) is 27.9 Å². The van der Waals surface area contributed by atoms with Gasteiger partial charge < -0.3 is 19.1 Å². The smallest absolute Gasteiger partial charge is 0.135 e. The average molecular weight is 947 g/mol. The summed E-state index contributed by atoms with van der Waals surface area (Å²) in [4.78, 5) is 9.48. The zero-order chi connectivity index (χ0) is 40.7. The van der Waals surface area contributed by atoms with Crippen LogP contribution in [0.4, 0.5) is 22.7 Å². The van der Waals surface area contributed by atoms with Crippen molar-refractivity contribution < 1.29 is 25.8 Å². The van der Waals surface area contributed by atoms with E-state index in [1.54, 1.807) is 0 Å². The minimum Gasteiger partial charge on any atom is -0.509 e. The number of nitrogens with zero attached hydrogens (tertiary/aromatic N) is 4. The molecule has 5 nitrogen and oxygen atoms in total. The predicted octanol–water partition coefficient (Wildman–Crippen LogP) is 14.2. The quantitative estimate of drug-likeness (QED) is 0.161. The van der Waals surface area contributed by atoms with Crippen molar-refractivity contribution in [1.29, 1.82) is 0 Å². The van der Waals surface area contributed by atoms with Gasteiger partial charge in [-0.15, -0.1) is 48.1 Å². The van der Waals surface area contributed by atoms with Crippen molar-refractivity contribution in [3.05, 3.63) is 150 Å². The molecule has 8 rings (SSSR count). The third-order valence-corrected chi connectivity index (χ3v) is 11.1. The third kappa shape index (κ3) is 7.71. The van der Waals surface area contributed by atoms with E-state index >= 15 is 0 Å². The Bertz CT molecular complexity index is 2610. The molecule has 1 aliphatic rings. The molecule has 0 bridgehead atoms. The zero-order valence-electron chi connectivity index (χ0n) is 36.0. The molecule has 0 radical (unpaired) electrons. The van der Waals surface area contributed by atoms with Crippen LogP contribution >= 0.6 is 0 Å². The molecular weight excluding hydrogens is 892 g/mol. The van der Waals surface area contributed by atoms with Gasteiger partial charge in [-0.2, -0.15) is 12.1 Å². The van der Waals surface area contributed by atoms with E-state index in [1.807, 2.05) is 24.4 Å². The molecule has 5 aromatic carbocycles. The number of aromatic nitrogens is 2. The Morgan fingerprint density at radius 2 is 1.22 bits per heavy atom. The fourth-order valence-electron chi connectivity index (χ4n) is 7.76. The Hall–Kier alpha value is -4.86. The number of ether oxygens (including phenoxy) is 1. The van der Waals surface area contributed by atoms with Crippen LogP contribution in [0.1, 0.15) is 105 Å². The molecule has 2 aromatic heterocycles. The number of hydrogen-bond donors (Lipinski definition) is 0. The summed E-state index contributed by atoms with van der Waals surface area (Å²) in [6, 6.07) is 44.0. The van der Waals surface area contributed by atoms with E-state index < -0.39 is 0 Å². The maximum absolute atomic E-state index is 6.64. The van der Waals surface area contributed by atoms with Crippen molar-refractivity contribution in [3.8, 4) is 17.3 Å². The van der Waals surface area contributed by atoms with Gasteiger partial charge in [-0.1, -0.05) is 125 Å². The van der Waals surface area contributed by atoms with Crippen molar-refractivity contribution in [2.24, 2.45) is 0 Å². The Morgan fingerprint density at radius 1 is 0.569 bits per heavy atom. The van der Waals surface area contributed by atoms with Gasteiger partial charge in [-0.3, -0.25) is 0 Å². The van der Waals surface area contributed by atoms with E-state index in [2.05, 4.69) is 201 Å². The van der Waals surface area contributed by atoms with Crippen LogP contribution in [0.3, 0.4) is 0 Å². The fraction of sp³-hybridized carbons (Fsp3) is 0.308. The summed E-state index contributed by atoms with van der Waals surface area (Å²) >= 11 is 0. The first-order valence-electron chi connectivity index (χ1n) is 20.1. The second-order valence-corrected chi connectivity index (χ2v) is 19.6. The van der Waals surface area contributed by atoms with E-state index in [4.69, 9.17) is 9.72 Å². The molecule has 0 aliphatic carbocycles. The van der Waals surface area contributed by atoms with E-state index in [9.17, 15) is 0 Å². The summed E-state index contributed by atoms with van der Waals surface area (Å²) in [5, 5.41) is 2.25. The molecule has 0 unspecified atom stereocenters. The Morgan fingerprint density at radius 3 is 1.90 bits per heavy atom. The summed E-state index contributed by atoms with van der Waals surface area (Å²) in [5.74, 6) is 2.09. The van der Waals surface area contributed by atoms with E-state index in [0.717, 1.165) is 44.7 Å². The maximum atomic E-state index is 6.64. The van der Waals surface area contributed by atoms with Crippen LogP contribution in [0.2, 0.25) is 0 Å². The van der Waals surface area contributed by atoms with Crippen molar-refractivity contribution in [2.75, 3.05) is 9.80 Å². The number of para-hydroxylation sites is 2. The molecule has 0 N–H and O–H groups in total. The largest absolute Gasteiger partial charge is 0.509 e. The van der Waals surface area contributed by atoms with E-state index in [0.29, 0.717) is 11.5 Å². The van der Waals surface area contributed by atoms with Crippen LogP contribution in [0.15, 0.2) is 109 Å². The number of anilines is 4. The van der Waals surface area contributed by atoms with Gasteiger partial charge in [0.2, 0.25) is 0 Å². The SMILES string of the molecule is CC(C)(C)c1cc(N2[CH-]N(c3[c-]c(Oc4[c-]c5c(cc4)c4ccccc4n5-c4cc(C(C)(C)C)ccn4)ccc3)c3cccc(C(C)(C)C)c32)cc(C(C)(C)C)c1.[Pt]. The number of benzene rings is 5. The van der Waals surface area contributed by atoms with Crippen LogP contribution in [0, 0.1) is 18.8 Å². The van der Waals surface area contributed by atoms with Gasteiger partial charge in [-0.05, 0) is 85.7 Å². The van der Waals surface area contributed by atoms with Gasteiger partial charge in [-0.25, -0.2) is 4.98 Å². The first-order chi connectivity index (χ1) is 26.8. The van der Waals surface area contributed by atoms with Crippen LogP contribution in [0.5, 0.6) is 11.5 Å². The van der Waals surface area contributed by atoms with Gasteiger partial charge in [0.05, 0.1) is 0 Å². The molecule has 302 valence electrons. The topological polar surface area (TPSA) is 33.5 Å². The van der Waals surface area contributed by atoms with Crippen LogP contribution in [-0.4, -0.2) is 9.55 Å². The van der Waals surface area contributed by atoms with Gasteiger partial charge in [0, 0.05) is 61.3 Å². The summed E-state index contributed by atoms with van der Waals surface area (Å²) in [5.41, 5.74) is 11.4. The van der Waals surface area contributed by atoms with Crippen LogP contribution < -0.4 is 14.5 Å². The number of hydrogen-bond acceptors (Lipinski definition) is 4. The Kier molecular flexibility index (Phi) is 10.5. The molecule has 0 amide bonds. The third-order valence-electron chi connectivity index (χ3n) is 11.1. The first kappa shape index (κ1) is 41.3. The standard InChI is InChI=1S/C52H55N4O.Pt/c1-49(2,3)34-25-26-53-47(30-34)56-44-21-14-13-19-41(44)42-24-23-40(32-46(42)56)57-39-18-15-17-37(31-39)54-33-55(48-43(52(10,11)12)20-16-22-45(48)54)38-28-35(50(4,5)6)27-36(29-38)51(7,8)9;/h13-30,33H,1-12H3;/q-3;. The van der Waals surface area contributed by atoms with Crippen molar-refractivity contribution in [1.82, 2.24) is 9.55 Å². The molecule has 0 spiro atoms. The van der Waals surface area contributed by atoms with Crippen molar-refractivity contribution in [3.63, 3.8) is 0 Å². The maximum Gasteiger partial charge on any atom is 0.135 e. The van der Waals surface area contributed by atoms with Gasteiger partial charge in [0.1, 0.15) is 5.82 Å². The van der Waals surface area contributed by atoms with Gasteiger partial charge in [0.25, 0.3) is 0 Å². The van der Waals surface area contributed by atoms with Gasteiger partial charge >= 0.3 is 0 Å².